The highest BCUT2D eigenvalue weighted by molar-refractivity contribution is 6.26. The van der Waals surface area contributed by atoms with E-state index in [-0.39, 0.29) is 6.04 Å². The minimum absolute atomic E-state index is 0.239. The van der Waals surface area contributed by atoms with Crippen molar-refractivity contribution in [1.82, 2.24) is 0 Å². The average Bonchev–Trinajstić information content (AvgIpc) is 2.48. The van der Waals surface area contributed by atoms with Gasteiger partial charge >= 0.3 is 0 Å². The maximum Gasteiger partial charge on any atom is 0.0712 e. The fourth-order valence-corrected chi connectivity index (χ4v) is 3.05. The largest absolute Gasteiger partial charge is 0.326 e. The molecule has 3 heteroatoms. The topological polar surface area (TPSA) is 29.3 Å². The molecule has 0 radical (unpaired) electrons. The normalized spacial score (nSPS) is 18.2. The monoisotopic (exact) mass is 272 g/mol. The first kappa shape index (κ1) is 12.5. The molecule has 2 N–H and O–H groups in total. The number of rotatable bonds is 2. The number of anilines is 1. The summed E-state index contributed by atoms with van der Waals surface area (Å²) >= 11 is 6.53. The van der Waals surface area contributed by atoms with Crippen molar-refractivity contribution >= 4 is 17.5 Å². The van der Waals surface area contributed by atoms with Crippen LogP contribution in [0.25, 0.3) is 0 Å². The number of aryl methyl sites for hydroxylation is 1. The number of hydrogen-bond donors (Lipinski definition) is 1. The van der Waals surface area contributed by atoms with Gasteiger partial charge in [-0.15, -0.1) is 0 Å². The Kier molecular flexibility index (Phi) is 3.45. The van der Waals surface area contributed by atoms with E-state index in [0.29, 0.717) is 6.54 Å². The second-order valence-corrected chi connectivity index (χ2v) is 5.30. The van der Waals surface area contributed by atoms with Crippen LogP contribution in [0.15, 0.2) is 48.5 Å². The summed E-state index contributed by atoms with van der Waals surface area (Å²) in [6.07, 6.45) is 2.12. The number of benzene rings is 2. The van der Waals surface area contributed by atoms with E-state index in [1.165, 1.54) is 11.1 Å². The molecule has 0 saturated carbocycles. The Morgan fingerprint density at radius 2 is 1.84 bits per heavy atom. The van der Waals surface area contributed by atoms with Crippen molar-refractivity contribution in [2.45, 2.75) is 25.4 Å². The van der Waals surface area contributed by atoms with Crippen molar-refractivity contribution < 1.29 is 0 Å². The lowest BCUT2D eigenvalue weighted by Gasteiger charge is -2.33. The zero-order valence-electron chi connectivity index (χ0n) is 10.7. The van der Waals surface area contributed by atoms with Gasteiger partial charge in [-0.2, -0.15) is 0 Å². The zero-order chi connectivity index (χ0) is 13.2. The molecule has 1 aliphatic heterocycles. The number of halogens is 1. The van der Waals surface area contributed by atoms with Crippen molar-refractivity contribution in [3.63, 3.8) is 0 Å². The van der Waals surface area contributed by atoms with E-state index in [1.807, 2.05) is 10.5 Å². The fraction of sp³-hybridized carbons (Fsp3) is 0.250. The fourth-order valence-electron chi connectivity index (χ4n) is 2.68. The van der Waals surface area contributed by atoms with Gasteiger partial charge in [0.2, 0.25) is 0 Å². The summed E-state index contributed by atoms with van der Waals surface area (Å²) in [5.41, 5.74) is 10.5. The van der Waals surface area contributed by atoms with Crippen LogP contribution in [0.4, 0.5) is 5.69 Å². The number of nitrogens with two attached hydrogens (primary N) is 1. The summed E-state index contributed by atoms with van der Waals surface area (Å²) in [5.74, 6) is 0. The Labute approximate surface area is 118 Å². The third-order valence-corrected chi connectivity index (χ3v) is 4.20. The van der Waals surface area contributed by atoms with Crippen LogP contribution in [0.2, 0.25) is 0 Å². The summed E-state index contributed by atoms with van der Waals surface area (Å²) in [4.78, 5) is 0. The van der Waals surface area contributed by atoms with Crippen molar-refractivity contribution in [2.75, 3.05) is 4.42 Å². The van der Waals surface area contributed by atoms with Crippen LogP contribution in [0, 0.1) is 0 Å². The Bertz CT molecular complexity index is 565. The molecule has 3 rings (SSSR count). The van der Waals surface area contributed by atoms with E-state index in [9.17, 15) is 0 Å². The van der Waals surface area contributed by atoms with E-state index >= 15 is 0 Å². The molecule has 0 amide bonds. The van der Waals surface area contributed by atoms with Gasteiger partial charge < -0.3 is 5.73 Å². The quantitative estimate of drug-likeness (QED) is 0.843. The lowest BCUT2D eigenvalue weighted by molar-refractivity contribution is 0.626. The average molecular weight is 273 g/mol. The van der Waals surface area contributed by atoms with Gasteiger partial charge in [-0.3, -0.25) is 4.42 Å². The third-order valence-electron chi connectivity index (χ3n) is 3.78. The van der Waals surface area contributed by atoms with Gasteiger partial charge in [0.25, 0.3) is 0 Å². The lowest BCUT2D eigenvalue weighted by Crippen LogP contribution is -2.24. The second-order valence-electron chi connectivity index (χ2n) is 4.94. The molecule has 98 valence electrons. The minimum atomic E-state index is 0.239. The number of para-hydroxylation sites is 1. The van der Waals surface area contributed by atoms with Gasteiger partial charge in [-0.05, 0) is 35.6 Å². The zero-order valence-corrected chi connectivity index (χ0v) is 11.5. The summed E-state index contributed by atoms with van der Waals surface area (Å²) in [6.45, 7) is 0.582. The number of nitrogens with zero attached hydrogens (tertiary/aromatic N) is 1. The highest BCUT2D eigenvalue weighted by atomic mass is 35.5. The molecule has 1 atom stereocenters. The van der Waals surface area contributed by atoms with Crippen molar-refractivity contribution in [3.8, 4) is 0 Å². The summed E-state index contributed by atoms with van der Waals surface area (Å²) in [5, 5.41) is 0. The smallest absolute Gasteiger partial charge is 0.0712 e. The molecule has 2 nitrogen and oxygen atoms in total. The molecule has 0 aromatic heterocycles. The first-order valence-electron chi connectivity index (χ1n) is 6.61. The molecule has 1 aliphatic rings. The van der Waals surface area contributed by atoms with Gasteiger partial charge in [0.1, 0.15) is 0 Å². The van der Waals surface area contributed by atoms with Gasteiger partial charge in [0.15, 0.2) is 0 Å². The van der Waals surface area contributed by atoms with E-state index in [0.717, 1.165) is 24.1 Å². The molecule has 0 spiro atoms. The van der Waals surface area contributed by atoms with Crippen LogP contribution < -0.4 is 10.2 Å². The first-order chi connectivity index (χ1) is 9.29. The van der Waals surface area contributed by atoms with E-state index < -0.39 is 0 Å². The summed E-state index contributed by atoms with van der Waals surface area (Å²) in [6, 6.07) is 17.0. The number of fused-ring (bicyclic) bond motifs is 1. The molecule has 2 aromatic carbocycles. The molecule has 0 aliphatic carbocycles. The lowest BCUT2D eigenvalue weighted by atomic mass is 9.93. The molecule has 2 aromatic rings. The highest BCUT2D eigenvalue weighted by Crippen LogP contribution is 2.39. The predicted molar refractivity (Wildman–Crippen MR) is 80.2 cm³/mol. The maximum absolute atomic E-state index is 6.53. The van der Waals surface area contributed by atoms with E-state index in [4.69, 9.17) is 17.5 Å². The third kappa shape index (κ3) is 2.34. The Morgan fingerprint density at radius 3 is 2.58 bits per heavy atom. The summed E-state index contributed by atoms with van der Waals surface area (Å²) < 4.78 is 1.87. The number of hydrogen-bond acceptors (Lipinski definition) is 2. The molecule has 1 heterocycles. The van der Waals surface area contributed by atoms with Crippen molar-refractivity contribution in [3.05, 3.63) is 65.2 Å². The van der Waals surface area contributed by atoms with Gasteiger partial charge in [-0.25, -0.2) is 0 Å². The molecular formula is C16H17ClN2. The molecule has 0 saturated heterocycles. The second kappa shape index (κ2) is 5.24. The SMILES string of the molecule is NCc1ccc(C2CCc3ccccc3N2Cl)cc1. The molecule has 1 unspecified atom stereocenters. The minimum Gasteiger partial charge on any atom is -0.326 e. The van der Waals surface area contributed by atoms with Crippen LogP contribution in [-0.2, 0) is 13.0 Å². The predicted octanol–water partition coefficient (Wildman–Crippen LogP) is 3.79. The van der Waals surface area contributed by atoms with Crippen LogP contribution in [0.3, 0.4) is 0 Å². The maximum atomic E-state index is 6.53. The van der Waals surface area contributed by atoms with Crippen LogP contribution in [-0.4, -0.2) is 0 Å². The van der Waals surface area contributed by atoms with Gasteiger partial charge in [0.05, 0.1) is 11.7 Å². The Balaban J connectivity index is 1.90. The van der Waals surface area contributed by atoms with E-state index in [1.54, 1.807) is 0 Å². The molecular weight excluding hydrogens is 256 g/mol. The standard InChI is InChI=1S/C16H17ClN2/c17-19-15-4-2-1-3-13(15)9-10-16(19)14-7-5-12(11-18)6-8-14/h1-8,16H,9-11,18H2. The Hall–Kier alpha value is -1.51. The van der Waals surface area contributed by atoms with Crippen molar-refractivity contribution in [1.29, 1.82) is 0 Å². The van der Waals surface area contributed by atoms with Crippen molar-refractivity contribution in [2.24, 2.45) is 5.73 Å². The van der Waals surface area contributed by atoms with Crippen LogP contribution in [0.1, 0.15) is 29.2 Å². The molecule has 0 fully saturated rings. The molecule has 19 heavy (non-hydrogen) atoms. The summed E-state index contributed by atoms with van der Waals surface area (Å²) in [7, 11) is 0. The van der Waals surface area contributed by atoms with Gasteiger partial charge in [-0.1, -0.05) is 42.5 Å². The highest BCUT2D eigenvalue weighted by Gasteiger charge is 2.25. The molecule has 0 bridgehead atoms. The van der Waals surface area contributed by atoms with E-state index in [2.05, 4.69) is 42.5 Å². The van der Waals surface area contributed by atoms with Gasteiger partial charge in [0, 0.05) is 18.3 Å². The Morgan fingerprint density at radius 1 is 1.11 bits per heavy atom. The van der Waals surface area contributed by atoms with Crippen LogP contribution in [0.5, 0.6) is 0 Å². The van der Waals surface area contributed by atoms with Crippen LogP contribution >= 0.6 is 11.8 Å². The first-order valence-corrected chi connectivity index (χ1v) is 6.95.